The van der Waals surface area contributed by atoms with Crippen LogP contribution in [0.1, 0.15) is 0 Å². The molecule has 3 N–H and O–H groups in total. The van der Waals surface area contributed by atoms with Gasteiger partial charge in [0.25, 0.3) is 5.69 Å². The molecule has 0 saturated carbocycles. The van der Waals surface area contributed by atoms with Crippen LogP contribution in [0.4, 0.5) is 22.7 Å². The van der Waals surface area contributed by atoms with E-state index in [2.05, 4.69) is 21.2 Å². The zero-order valence-corrected chi connectivity index (χ0v) is 10.8. The number of para-hydroxylation sites is 1. The van der Waals surface area contributed by atoms with E-state index in [1.165, 1.54) is 12.1 Å². The third-order valence-corrected chi connectivity index (χ3v) is 3.07. The van der Waals surface area contributed by atoms with Crippen molar-refractivity contribution in [1.29, 1.82) is 0 Å². The van der Waals surface area contributed by atoms with E-state index >= 15 is 0 Å². The highest BCUT2D eigenvalue weighted by Gasteiger charge is 2.11. The molecule has 2 aromatic carbocycles. The quantitative estimate of drug-likeness (QED) is 0.515. The minimum atomic E-state index is -0.502. The van der Waals surface area contributed by atoms with Crippen LogP contribution in [0, 0.1) is 10.1 Å². The third-order valence-electron chi connectivity index (χ3n) is 2.38. The fourth-order valence-corrected chi connectivity index (χ4v) is 1.90. The molecule has 0 amide bonds. The van der Waals surface area contributed by atoms with Gasteiger partial charge in [-0.25, -0.2) is 0 Å². The van der Waals surface area contributed by atoms with E-state index in [9.17, 15) is 10.1 Å². The van der Waals surface area contributed by atoms with E-state index in [4.69, 9.17) is 5.73 Å². The minimum absolute atomic E-state index is 0.0901. The molecule has 92 valence electrons. The van der Waals surface area contributed by atoms with E-state index in [0.29, 0.717) is 5.69 Å². The Morgan fingerprint density at radius 2 is 1.94 bits per heavy atom. The second-order valence-corrected chi connectivity index (χ2v) is 4.49. The second kappa shape index (κ2) is 5.05. The second-order valence-electron chi connectivity index (χ2n) is 3.64. The number of nitrogen functional groups attached to an aromatic ring is 1. The van der Waals surface area contributed by atoms with Crippen LogP contribution in [0.2, 0.25) is 0 Å². The Morgan fingerprint density at radius 3 is 2.56 bits per heavy atom. The summed E-state index contributed by atoms with van der Waals surface area (Å²) >= 11 is 3.41. The van der Waals surface area contributed by atoms with E-state index in [-0.39, 0.29) is 11.4 Å². The monoisotopic (exact) mass is 307 g/mol. The Morgan fingerprint density at radius 1 is 1.22 bits per heavy atom. The van der Waals surface area contributed by atoms with Crippen molar-refractivity contribution in [2.75, 3.05) is 11.1 Å². The molecule has 2 aromatic rings. The predicted octanol–water partition coefficient (Wildman–Crippen LogP) is 3.68. The first-order valence-corrected chi connectivity index (χ1v) is 5.92. The zero-order chi connectivity index (χ0) is 13.1. The van der Waals surface area contributed by atoms with Gasteiger partial charge >= 0.3 is 0 Å². The average Bonchev–Trinajstić information content (AvgIpc) is 2.32. The fraction of sp³-hybridized carbons (Fsp3) is 0. The molecule has 0 saturated heterocycles. The van der Waals surface area contributed by atoms with E-state index in [1.807, 2.05) is 24.3 Å². The highest BCUT2D eigenvalue weighted by molar-refractivity contribution is 9.10. The minimum Gasteiger partial charge on any atom is -0.393 e. The Balaban J connectivity index is 2.29. The van der Waals surface area contributed by atoms with Gasteiger partial charge in [-0.15, -0.1) is 0 Å². The Bertz CT molecular complexity index is 602. The Kier molecular flexibility index (Phi) is 3.47. The van der Waals surface area contributed by atoms with Gasteiger partial charge in [0.2, 0.25) is 0 Å². The topological polar surface area (TPSA) is 81.2 Å². The van der Waals surface area contributed by atoms with Gasteiger partial charge in [-0.05, 0) is 40.2 Å². The molecule has 2 rings (SSSR count). The molecular weight excluding hydrogens is 298 g/mol. The van der Waals surface area contributed by atoms with Crippen LogP contribution in [0.3, 0.4) is 0 Å². The van der Waals surface area contributed by atoms with Crippen LogP contribution in [-0.2, 0) is 0 Å². The fourth-order valence-electron chi connectivity index (χ4n) is 1.52. The molecule has 6 heteroatoms. The summed E-state index contributed by atoms with van der Waals surface area (Å²) in [5.41, 5.74) is 7.23. The molecule has 0 unspecified atom stereocenters. The molecule has 18 heavy (non-hydrogen) atoms. The first-order chi connectivity index (χ1) is 8.58. The van der Waals surface area contributed by atoms with Crippen molar-refractivity contribution in [3.63, 3.8) is 0 Å². The number of nitrogens with two attached hydrogens (primary N) is 1. The van der Waals surface area contributed by atoms with E-state index in [0.717, 1.165) is 10.2 Å². The summed E-state index contributed by atoms with van der Waals surface area (Å²) in [6, 6.07) is 12.1. The van der Waals surface area contributed by atoms with E-state index < -0.39 is 4.92 Å². The summed E-state index contributed by atoms with van der Waals surface area (Å²) in [5, 5.41) is 13.8. The van der Waals surface area contributed by atoms with Gasteiger partial charge in [-0.1, -0.05) is 12.1 Å². The molecule has 0 aliphatic rings. The number of halogens is 1. The lowest BCUT2D eigenvalue weighted by Gasteiger charge is -2.08. The van der Waals surface area contributed by atoms with Crippen molar-refractivity contribution in [1.82, 2.24) is 0 Å². The molecule has 0 aliphatic carbocycles. The summed E-state index contributed by atoms with van der Waals surface area (Å²) in [5.74, 6) is 0. The molecule has 5 nitrogen and oxygen atoms in total. The van der Waals surface area contributed by atoms with Crippen LogP contribution in [-0.4, -0.2) is 4.92 Å². The largest absolute Gasteiger partial charge is 0.393 e. The van der Waals surface area contributed by atoms with Crippen LogP contribution in [0.5, 0.6) is 0 Å². The number of rotatable bonds is 3. The first-order valence-electron chi connectivity index (χ1n) is 5.13. The molecule has 0 radical (unpaired) electrons. The predicted molar refractivity (Wildman–Crippen MR) is 74.9 cm³/mol. The summed E-state index contributed by atoms with van der Waals surface area (Å²) in [7, 11) is 0. The Labute approximate surface area is 112 Å². The van der Waals surface area contributed by atoms with Gasteiger partial charge in [0.05, 0.1) is 10.6 Å². The van der Waals surface area contributed by atoms with Crippen LogP contribution >= 0.6 is 15.9 Å². The van der Waals surface area contributed by atoms with E-state index in [1.54, 1.807) is 6.07 Å². The van der Waals surface area contributed by atoms with Gasteiger partial charge in [0, 0.05) is 16.2 Å². The zero-order valence-electron chi connectivity index (χ0n) is 9.26. The third kappa shape index (κ3) is 2.60. The summed E-state index contributed by atoms with van der Waals surface area (Å²) in [6.07, 6.45) is 0. The molecule has 0 aromatic heterocycles. The molecule has 0 spiro atoms. The number of anilines is 3. The smallest absolute Gasteiger partial charge is 0.292 e. The lowest BCUT2D eigenvalue weighted by atomic mass is 10.2. The van der Waals surface area contributed by atoms with Crippen LogP contribution in [0.15, 0.2) is 46.9 Å². The van der Waals surface area contributed by atoms with Gasteiger partial charge in [0.1, 0.15) is 5.69 Å². The Hall–Kier alpha value is -2.08. The van der Waals surface area contributed by atoms with Crippen molar-refractivity contribution in [3.8, 4) is 0 Å². The SMILES string of the molecule is Nc1cc(Nc2ccccc2Br)ccc1[N+](=O)[O-]. The lowest BCUT2D eigenvalue weighted by molar-refractivity contribution is -0.383. The van der Waals surface area contributed by atoms with Gasteiger partial charge in [-0.2, -0.15) is 0 Å². The van der Waals surface area contributed by atoms with Crippen molar-refractivity contribution < 1.29 is 4.92 Å². The lowest BCUT2D eigenvalue weighted by Crippen LogP contribution is -1.97. The van der Waals surface area contributed by atoms with Crippen molar-refractivity contribution in [2.24, 2.45) is 0 Å². The maximum Gasteiger partial charge on any atom is 0.292 e. The molecule has 0 heterocycles. The van der Waals surface area contributed by atoms with Crippen LogP contribution < -0.4 is 11.1 Å². The molecular formula is C12H10BrN3O2. The maximum atomic E-state index is 10.6. The highest BCUT2D eigenvalue weighted by atomic mass is 79.9. The first kappa shape index (κ1) is 12.4. The number of nitrogens with zero attached hydrogens (tertiary/aromatic N) is 1. The summed E-state index contributed by atoms with van der Waals surface area (Å²) in [6.45, 7) is 0. The van der Waals surface area contributed by atoms with Gasteiger partial charge < -0.3 is 11.1 Å². The molecule has 0 fully saturated rings. The maximum absolute atomic E-state index is 10.6. The average molecular weight is 308 g/mol. The van der Waals surface area contributed by atoms with Crippen molar-refractivity contribution in [3.05, 3.63) is 57.1 Å². The van der Waals surface area contributed by atoms with Gasteiger partial charge in [-0.3, -0.25) is 10.1 Å². The van der Waals surface area contributed by atoms with Crippen molar-refractivity contribution >= 4 is 38.7 Å². The molecule has 0 bridgehead atoms. The number of hydrogen-bond donors (Lipinski definition) is 2. The number of nitro groups is 1. The number of benzene rings is 2. The molecule has 0 aliphatic heterocycles. The highest BCUT2D eigenvalue weighted by Crippen LogP contribution is 2.29. The van der Waals surface area contributed by atoms with Gasteiger partial charge in [0.15, 0.2) is 0 Å². The number of hydrogen-bond acceptors (Lipinski definition) is 4. The summed E-state index contributed by atoms with van der Waals surface area (Å²) < 4.78 is 0.905. The normalized spacial score (nSPS) is 10.1. The molecule has 0 atom stereocenters. The number of nitro benzene ring substituents is 1. The van der Waals surface area contributed by atoms with Crippen LogP contribution in [0.25, 0.3) is 0 Å². The number of nitrogens with one attached hydrogen (secondary N) is 1. The van der Waals surface area contributed by atoms with Crippen molar-refractivity contribution in [2.45, 2.75) is 0 Å². The summed E-state index contributed by atoms with van der Waals surface area (Å²) in [4.78, 5) is 10.1. The standard InChI is InChI=1S/C12H10BrN3O2/c13-9-3-1-2-4-11(9)15-8-5-6-12(16(17)18)10(14)7-8/h1-7,15H,14H2.